The van der Waals surface area contributed by atoms with Crippen molar-refractivity contribution in [2.24, 2.45) is 5.92 Å². The lowest BCUT2D eigenvalue weighted by molar-refractivity contribution is -0.310. The Morgan fingerprint density at radius 1 is 1.29 bits per heavy atom. The molecule has 0 spiro atoms. The van der Waals surface area contributed by atoms with E-state index in [4.69, 9.17) is 0 Å². The molecule has 0 aliphatic carbocycles. The molecule has 6 nitrogen and oxygen atoms in total. The SMILES string of the molecule is CCOC(=O)C(CC(=O)N1CCCC1)C(=O)[O-]. The van der Waals surface area contributed by atoms with E-state index in [1.165, 1.54) is 0 Å². The van der Waals surface area contributed by atoms with E-state index in [0.29, 0.717) is 13.1 Å². The average Bonchev–Trinajstić information content (AvgIpc) is 2.78. The Morgan fingerprint density at radius 3 is 2.35 bits per heavy atom. The van der Waals surface area contributed by atoms with E-state index in [2.05, 4.69) is 4.74 Å². The number of amides is 1. The van der Waals surface area contributed by atoms with E-state index >= 15 is 0 Å². The monoisotopic (exact) mass is 242 g/mol. The van der Waals surface area contributed by atoms with Crippen LogP contribution in [-0.2, 0) is 19.1 Å². The quantitative estimate of drug-likeness (QED) is 0.452. The minimum atomic E-state index is -1.56. The molecule has 0 radical (unpaired) electrons. The van der Waals surface area contributed by atoms with Crippen molar-refractivity contribution in [3.05, 3.63) is 0 Å². The Morgan fingerprint density at radius 2 is 1.88 bits per heavy atom. The molecule has 0 N–H and O–H groups in total. The number of ether oxygens (including phenoxy) is 1. The molecule has 1 aliphatic heterocycles. The van der Waals surface area contributed by atoms with E-state index in [0.717, 1.165) is 12.8 Å². The Hall–Kier alpha value is -1.59. The number of esters is 1. The Kier molecular flexibility index (Phi) is 4.93. The van der Waals surface area contributed by atoms with Crippen LogP contribution in [0.25, 0.3) is 0 Å². The molecule has 0 aromatic heterocycles. The van der Waals surface area contributed by atoms with Crippen LogP contribution in [0.4, 0.5) is 0 Å². The highest BCUT2D eigenvalue weighted by Crippen LogP contribution is 2.13. The van der Waals surface area contributed by atoms with E-state index in [-0.39, 0.29) is 18.9 Å². The molecular formula is C11H16NO5-. The highest BCUT2D eigenvalue weighted by Gasteiger charge is 2.28. The molecule has 0 aromatic carbocycles. The van der Waals surface area contributed by atoms with Crippen LogP contribution in [0.15, 0.2) is 0 Å². The summed E-state index contributed by atoms with van der Waals surface area (Å²) < 4.78 is 4.60. The smallest absolute Gasteiger partial charge is 0.315 e. The third-order valence-electron chi connectivity index (χ3n) is 2.69. The summed E-state index contributed by atoms with van der Waals surface area (Å²) >= 11 is 0. The first-order valence-electron chi connectivity index (χ1n) is 5.71. The molecule has 96 valence electrons. The van der Waals surface area contributed by atoms with Gasteiger partial charge in [-0.15, -0.1) is 0 Å². The lowest BCUT2D eigenvalue weighted by Gasteiger charge is -2.20. The molecule has 1 unspecified atom stereocenters. The molecule has 1 rings (SSSR count). The fourth-order valence-corrected chi connectivity index (χ4v) is 1.78. The third-order valence-corrected chi connectivity index (χ3v) is 2.69. The molecule has 0 bridgehead atoms. The zero-order valence-corrected chi connectivity index (χ0v) is 9.81. The number of carboxylic acid groups (broad SMARTS) is 1. The highest BCUT2D eigenvalue weighted by atomic mass is 16.5. The topological polar surface area (TPSA) is 86.7 Å². The number of hydrogen-bond acceptors (Lipinski definition) is 5. The van der Waals surface area contributed by atoms with Gasteiger partial charge in [-0.2, -0.15) is 0 Å². The second-order valence-electron chi connectivity index (χ2n) is 3.92. The van der Waals surface area contributed by atoms with E-state index < -0.39 is 17.9 Å². The molecule has 1 atom stereocenters. The van der Waals surface area contributed by atoms with Crippen LogP contribution in [0.3, 0.4) is 0 Å². The Balaban J connectivity index is 2.56. The van der Waals surface area contributed by atoms with Gasteiger partial charge in [0, 0.05) is 19.5 Å². The molecule has 1 saturated heterocycles. The van der Waals surface area contributed by atoms with Crippen molar-refractivity contribution in [3.63, 3.8) is 0 Å². The summed E-state index contributed by atoms with van der Waals surface area (Å²) in [6.45, 7) is 2.91. The summed E-state index contributed by atoms with van der Waals surface area (Å²) in [5.74, 6) is -4.29. The van der Waals surface area contributed by atoms with Crippen LogP contribution in [0, 0.1) is 5.92 Å². The zero-order valence-electron chi connectivity index (χ0n) is 9.81. The molecule has 1 amide bonds. The first kappa shape index (κ1) is 13.5. The van der Waals surface area contributed by atoms with Crippen LogP contribution in [0.5, 0.6) is 0 Å². The van der Waals surface area contributed by atoms with Gasteiger partial charge >= 0.3 is 5.97 Å². The van der Waals surface area contributed by atoms with Crippen molar-refractivity contribution in [1.82, 2.24) is 4.90 Å². The predicted octanol–water partition coefficient (Wildman–Crippen LogP) is -1.07. The fourth-order valence-electron chi connectivity index (χ4n) is 1.78. The summed E-state index contributed by atoms with van der Waals surface area (Å²) in [4.78, 5) is 35.4. The van der Waals surface area contributed by atoms with Crippen molar-refractivity contribution >= 4 is 17.8 Å². The van der Waals surface area contributed by atoms with Crippen LogP contribution in [0.2, 0.25) is 0 Å². The number of carbonyl (C=O) groups is 3. The van der Waals surface area contributed by atoms with E-state index in [1.807, 2.05) is 0 Å². The maximum absolute atomic E-state index is 11.7. The normalized spacial score (nSPS) is 16.6. The first-order valence-corrected chi connectivity index (χ1v) is 5.71. The van der Waals surface area contributed by atoms with Gasteiger partial charge in [0.2, 0.25) is 5.91 Å². The molecule has 1 aliphatic rings. The Bertz CT molecular complexity index is 309. The number of carbonyl (C=O) groups excluding carboxylic acids is 3. The van der Waals surface area contributed by atoms with Crippen LogP contribution >= 0.6 is 0 Å². The molecule has 17 heavy (non-hydrogen) atoms. The maximum atomic E-state index is 11.7. The Labute approximate surface area is 99.5 Å². The van der Waals surface area contributed by atoms with Crippen LogP contribution < -0.4 is 5.11 Å². The average molecular weight is 242 g/mol. The van der Waals surface area contributed by atoms with Gasteiger partial charge in [0.25, 0.3) is 0 Å². The van der Waals surface area contributed by atoms with Gasteiger partial charge in [0.05, 0.1) is 12.6 Å². The number of rotatable bonds is 5. The van der Waals surface area contributed by atoms with E-state index in [1.54, 1.807) is 11.8 Å². The van der Waals surface area contributed by atoms with Gasteiger partial charge in [-0.1, -0.05) is 0 Å². The molecule has 0 saturated carbocycles. The zero-order chi connectivity index (χ0) is 12.8. The van der Waals surface area contributed by atoms with E-state index in [9.17, 15) is 19.5 Å². The lowest BCUT2D eigenvalue weighted by Crippen LogP contribution is -2.41. The second kappa shape index (κ2) is 6.22. The van der Waals surface area contributed by atoms with Crippen molar-refractivity contribution in [1.29, 1.82) is 0 Å². The van der Waals surface area contributed by atoms with Crippen LogP contribution in [-0.4, -0.2) is 42.4 Å². The summed E-state index contributed by atoms with van der Waals surface area (Å²) in [6, 6.07) is 0. The second-order valence-corrected chi connectivity index (χ2v) is 3.92. The minimum Gasteiger partial charge on any atom is -0.549 e. The van der Waals surface area contributed by atoms with Gasteiger partial charge in [0.15, 0.2) is 0 Å². The third kappa shape index (κ3) is 3.72. The van der Waals surface area contributed by atoms with Crippen molar-refractivity contribution in [3.8, 4) is 0 Å². The number of hydrogen-bond donors (Lipinski definition) is 0. The number of nitrogens with zero attached hydrogens (tertiary/aromatic N) is 1. The number of carboxylic acids is 1. The summed E-state index contributed by atoms with van der Waals surface area (Å²) in [5.41, 5.74) is 0. The molecular weight excluding hydrogens is 226 g/mol. The molecule has 1 fully saturated rings. The molecule has 1 heterocycles. The maximum Gasteiger partial charge on any atom is 0.315 e. The highest BCUT2D eigenvalue weighted by molar-refractivity contribution is 5.97. The molecule has 0 aromatic rings. The number of aliphatic carboxylic acids is 1. The van der Waals surface area contributed by atoms with Gasteiger partial charge in [0.1, 0.15) is 5.92 Å². The van der Waals surface area contributed by atoms with Gasteiger partial charge in [-0.3, -0.25) is 9.59 Å². The van der Waals surface area contributed by atoms with Gasteiger partial charge in [-0.25, -0.2) is 0 Å². The minimum absolute atomic E-state index is 0.0838. The lowest BCUT2D eigenvalue weighted by atomic mass is 10.1. The van der Waals surface area contributed by atoms with Crippen molar-refractivity contribution in [2.75, 3.05) is 19.7 Å². The molecule has 6 heteroatoms. The van der Waals surface area contributed by atoms with Crippen LogP contribution in [0.1, 0.15) is 26.2 Å². The van der Waals surface area contributed by atoms with Crippen molar-refractivity contribution in [2.45, 2.75) is 26.2 Å². The number of likely N-dealkylation sites (tertiary alicyclic amines) is 1. The standard InChI is InChI=1S/C11H17NO5/c1-2-17-11(16)8(10(14)15)7-9(13)12-5-3-4-6-12/h8H,2-7H2,1H3,(H,14,15)/p-1. The first-order chi connectivity index (χ1) is 8.06. The largest absolute Gasteiger partial charge is 0.549 e. The fraction of sp³-hybridized carbons (Fsp3) is 0.727. The summed E-state index contributed by atoms with van der Waals surface area (Å²) in [5, 5.41) is 10.8. The van der Waals surface area contributed by atoms with Crippen molar-refractivity contribution < 1.29 is 24.2 Å². The summed E-state index contributed by atoms with van der Waals surface area (Å²) in [6.07, 6.45) is 1.46. The predicted molar refractivity (Wildman–Crippen MR) is 55.6 cm³/mol. The summed E-state index contributed by atoms with van der Waals surface area (Å²) in [7, 11) is 0. The van der Waals surface area contributed by atoms with Gasteiger partial charge in [-0.05, 0) is 19.8 Å². The van der Waals surface area contributed by atoms with Gasteiger partial charge < -0.3 is 19.5 Å².